The molecule has 1 aliphatic carbocycles. The molecule has 2 aliphatic rings. The molecule has 24 heavy (non-hydrogen) atoms. The lowest BCUT2D eigenvalue weighted by atomic mass is 9.95. The molecule has 1 aromatic rings. The van der Waals surface area contributed by atoms with Gasteiger partial charge in [0.2, 0.25) is 5.91 Å². The molecule has 1 heterocycles. The van der Waals surface area contributed by atoms with E-state index in [1.54, 1.807) is 0 Å². The van der Waals surface area contributed by atoms with E-state index in [1.807, 2.05) is 0 Å². The Morgan fingerprint density at radius 2 is 2.08 bits per heavy atom. The van der Waals surface area contributed by atoms with Crippen molar-refractivity contribution >= 4 is 23.2 Å². The van der Waals surface area contributed by atoms with Gasteiger partial charge in [-0.1, -0.05) is 19.3 Å². The number of nitro groups is 1. The molecule has 0 aromatic heterocycles. The van der Waals surface area contributed by atoms with E-state index in [1.165, 1.54) is 29.5 Å². The zero-order chi connectivity index (χ0) is 17.1. The number of rotatable bonds is 4. The van der Waals surface area contributed by atoms with Gasteiger partial charge in [-0.3, -0.25) is 24.6 Å². The molecule has 1 aliphatic heterocycles. The second-order valence-electron chi connectivity index (χ2n) is 6.08. The molecule has 8 nitrogen and oxygen atoms in total. The van der Waals surface area contributed by atoms with Gasteiger partial charge in [-0.15, -0.1) is 0 Å². The Morgan fingerprint density at radius 1 is 1.33 bits per heavy atom. The van der Waals surface area contributed by atoms with Crippen molar-refractivity contribution in [1.82, 2.24) is 5.32 Å². The predicted molar refractivity (Wildman–Crippen MR) is 86.0 cm³/mol. The summed E-state index contributed by atoms with van der Waals surface area (Å²) in [5.74, 6) is -0.276. The van der Waals surface area contributed by atoms with Gasteiger partial charge in [0.05, 0.1) is 10.6 Å². The summed E-state index contributed by atoms with van der Waals surface area (Å²) in [6.07, 6.45) is 5.27. The second kappa shape index (κ2) is 6.86. The number of fused-ring (bicyclic) bond motifs is 1. The first-order valence-corrected chi connectivity index (χ1v) is 8.05. The van der Waals surface area contributed by atoms with Crippen LogP contribution in [0.4, 0.5) is 11.4 Å². The molecule has 2 amide bonds. The van der Waals surface area contributed by atoms with Crippen molar-refractivity contribution in [2.45, 2.75) is 38.1 Å². The predicted octanol–water partition coefficient (Wildman–Crippen LogP) is 1.77. The van der Waals surface area contributed by atoms with E-state index >= 15 is 0 Å². The summed E-state index contributed by atoms with van der Waals surface area (Å²) in [4.78, 5) is 36.0. The van der Waals surface area contributed by atoms with Gasteiger partial charge in [-0.25, -0.2) is 0 Å². The highest BCUT2D eigenvalue weighted by molar-refractivity contribution is 6.02. The molecule has 0 spiro atoms. The van der Waals surface area contributed by atoms with Crippen LogP contribution in [-0.2, 0) is 9.59 Å². The maximum atomic E-state index is 12.3. The molecule has 0 atom stereocenters. The number of benzene rings is 1. The van der Waals surface area contributed by atoms with Crippen LogP contribution >= 0.6 is 0 Å². The average molecular weight is 333 g/mol. The molecule has 0 unspecified atom stereocenters. The second-order valence-corrected chi connectivity index (χ2v) is 6.08. The standard InChI is InChI=1S/C16H19N3O5/c20-15(17-11-4-2-1-3-5-11)9-18-13-8-12(19(22)23)6-7-14(13)24-10-16(18)21/h6-8,11H,1-5,9-10H2,(H,17,20). The summed E-state index contributed by atoms with van der Waals surface area (Å²) in [5, 5.41) is 13.9. The van der Waals surface area contributed by atoms with E-state index in [4.69, 9.17) is 4.74 Å². The Balaban J connectivity index is 1.75. The fraction of sp³-hybridized carbons (Fsp3) is 0.500. The van der Waals surface area contributed by atoms with Crippen LogP contribution in [-0.4, -0.2) is 35.9 Å². The molecule has 1 fully saturated rings. The van der Waals surface area contributed by atoms with Gasteiger partial charge in [0.1, 0.15) is 12.3 Å². The zero-order valence-electron chi connectivity index (χ0n) is 13.2. The van der Waals surface area contributed by atoms with E-state index in [2.05, 4.69) is 5.32 Å². The number of non-ortho nitro benzene ring substituents is 1. The largest absolute Gasteiger partial charge is 0.482 e. The summed E-state index contributed by atoms with van der Waals surface area (Å²) >= 11 is 0. The van der Waals surface area contributed by atoms with Gasteiger partial charge < -0.3 is 10.1 Å². The van der Waals surface area contributed by atoms with Gasteiger partial charge in [-0.05, 0) is 18.9 Å². The van der Waals surface area contributed by atoms with Gasteiger partial charge in [0, 0.05) is 18.2 Å². The number of nitro benzene ring substituents is 1. The first-order valence-electron chi connectivity index (χ1n) is 8.05. The van der Waals surface area contributed by atoms with Crippen molar-refractivity contribution in [2.75, 3.05) is 18.1 Å². The highest BCUT2D eigenvalue weighted by Gasteiger charge is 2.29. The number of nitrogens with zero attached hydrogens (tertiary/aromatic N) is 2. The molecule has 0 bridgehead atoms. The highest BCUT2D eigenvalue weighted by Crippen LogP contribution is 2.35. The van der Waals surface area contributed by atoms with Crippen LogP contribution in [0.1, 0.15) is 32.1 Å². The van der Waals surface area contributed by atoms with Crippen LogP contribution in [0.15, 0.2) is 18.2 Å². The lowest BCUT2D eigenvalue weighted by Crippen LogP contribution is -2.47. The maximum absolute atomic E-state index is 12.3. The summed E-state index contributed by atoms with van der Waals surface area (Å²) in [5.41, 5.74) is 0.115. The minimum atomic E-state index is -0.542. The molecular formula is C16H19N3O5. The third kappa shape index (κ3) is 3.47. The molecule has 0 radical (unpaired) electrons. The Hall–Kier alpha value is -2.64. The van der Waals surface area contributed by atoms with Crippen molar-refractivity contribution in [2.24, 2.45) is 0 Å². The number of carbonyl (C=O) groups excluding carboxylic acids is 2. The van der Waals surface area contributed by atoms with E-state index < -0.39 is 4.92 Å². The Morgan fingerprint density at radius 3 is 2.79 bits per heavy atom. The number of carbonyl (C=O) groups is 2. The lowest BCUT2D eigenvalue weighted by Gasteiger charge is -2.30. The number of ether oxygens (including phenoxy) is 1. The van der Waals surface area contributed by atoms with E-state index in [-0.39, 0.29) is 42.4 Å². The van der Waals surface area contributed by atoms with Gasteiger partial charge in [-0.2, -0.15) is 0 Å². The van der Waals surface area contributed by atoms with Crippen molar-refractivity contribution in [3.05, 3.63) is 28.3 Å². The van der Waals surface area contributed by atoms with E-state index in [9.17, 15) is 19.7 Å². The third-order valence-electron chi connectivity index (χ3n) is 4.37. The number of amides is 2. The maximum Gasteiger partial charge on any atom is 0.271 e. The number of hydrogen-bond donors (Lipinski definition) is 1. The molecule has 8 heteroatoms. The Bertz CT molecular complexity index is 670. The number of anilines is 1. The van der Waals surface area contributed by atoms with Crippen molar-refractivity contribution in [3.63, 3.8) is 0 Å². The minimum Gasteiger partial charge on any atom is -0.482 e. The van der Waals surface area contributed by atoms with Crippen LogP contribution in [0, 0.1) is 10.1 Å². The van der Waals surface area contributed by atoms with E-state index in [0.29, 0.717) is 5.75 Å². The SMILES string of the molecule is O=C(CN1C(=O)COc2ccc([N+](=O)[O-])cc21)NC1CCCCC1. The lowest BCUT2D eigenvalue weighted by molar-refractivity contribution is -0.384. The van der Waals surface area contributed by atoms with Gasteiger partial charge in [0.25, 0.3) is 11.6 Å². The summed E-state index contributed by atoms with van der Waals surface area (Å²) in [7, 11) is 0. The van der Waals surface area contributed by atoms with Crippen LogP contribution in [0.5, 0.6) is 5.75 Å². The van der Waals surface area contributed by atoms with Crippen LogP contribution in [0.2, 0.25) is 0 Å². The highest BCUT2D eigenvalue weighted by atomic mass is 16.6. The van der Waals surface area contributed by atoms with Crippen molar-refractivity contribution in [3.8, 4) is 5.75 Å². The molecule has 1 N–H and O–H groups in total. The first-order chi connectivity index (χ1) is 11.5. The number of hydrogen-bond acceptors (Lipinski definition) is 5. The zero-order valence-corrected chi connectivity index (χ0v) is 13.2. The molecular weight excluding hydrogens is 314 g/mol. The fourth-order valence-electron chi connectivity index (χ4n) is 3.14. The quantitative estimate of drug-likeness (QED) is 0.668. The summed E-state index contributed by atoms with van der Waals surface area (Å²) in [6.45, 7) is -0.339. The number of nitrogens with one attached hydrogen (secondary N) is 1. The minimum absolute atomic E-state index is 0.145. The van der Waals surface area contributed by atoms with Crippen LogP contribution in [0.3, 0.4) is 0 Å². The van der Waals surface area contributed by atoms with Gasteiger partial charge >= 0.3 is 0 Å². The summed E-state index contributed by atoms with van der Waals surface area (Å²) < 4.78 is 5.29. The molecule has 1 saturated carbocycles. The third-order valence-corrected chi connectivity index (χ3v) is 4.37. The van der Waals surface area contributed by atoms with Crippen molar-refractivity contribution in [1.29, 1.82) is 0 Å². The Labute approximate surface area is 138 Å². The van der Waals surface area contributed by atoms with Crippen LogP contribution < -0.4 is 15.0 Å². The van der Waals surface area contributed by atoms with Crippen molar-refractivity contribution < 1.29 is 19.2 Å². The topological polar surface area (TPSA) is 102 Å². The Kier molecular flexibility index (Phi) is 4.64. The van der Waals surface area contributed by atoms with E-state index in [0.717, 1.165) is 25.7 Å². The average Bonchev–Trinajstić information content (AvgIpc) is 2.58. The van der Waals surface area contributed by atoms with Gasteiger partial charge in [0.15, 0.2) is 6.61 Å². The summed E-state index contributed by atoms with van der Waals surface area (Å²) in [6, 6.07) is 4.17. The monoisotopic (exact) mass is 333 g/mol. The molecule has 128 valence electrons. The molecule has 3 rings (SSSR count). The molecule has 1 aromatic carbocycles. The molecule has 0 saturated heterocycles. The first kappa shape index (κ1) is 16.2. The smallest absolute Gasteiger partial charge is 0.271 e. The van der Waals surface area contributed by atoms with Crippen LogP contribution in [0.25, 0.3) is 0 Å². The normalized spacial score (nSPS) is 17.8. The fourth-order valence-corrected chi connectivity index (χ4v) is 3.14.